The van der Waals surface area contributed by atoms with E-state index in [1.165, 1.54) is 0 Å². The summed E-state index contributed by atoms with van der Waals surface area (Å²) in [5.74, 6) is 7.51. The van der Waals surface area contributed by atoms with Gasteiger partial charge in [0.15, 0.2) is 0 Å². The van der Waals surface area contributed by atoms with Gasteiger partial charge >= 0.3 is 0 Å². The van der Waals surface area contributed by atoms with Gasteiger partial charge in [0.2, 0.25) is 10.9 Å². The van der Waals surface area contributed by atoms with E-state index in [1.54, 1.807) is 48.5 Å². The van der Waals surface area contributed by atoms with Crippen LogP contribution in [0.5, 0.6) is 11.5 Å². The molecule has 0 fully saturated rings. The maximum atomic E-state index is 11.2. The SMILES string of the molecule is C=C1CC[C@@H](Oc2ccc(C(CC=O)N(N)[SH](=O)=O)cc2)C/C=C\C=C/1Oc1ccc(C#N)cc1. The van der Waals surface area contributed by atoms with Crippen LogP contribution in [0.4, 0.5) is 0 Å². The summed E-state index contributed by atoms with van der Waals surface area (Å²) in [5.41, 5.74) is 1.99. The lowest BCUT2D eigenvalue weighted by Crippen LogP contribution is -2.34. The summed E-state index contributed by atoms with van der Waals surface area (Å²) in [4.78, 5) is 11.0. The first kappa shape index (κ1) is 25.9. The fraction of sp³-hybridized carbons (Fsp3) is 0.231. The molecule has 0 spiro atoms. The Morgan fingerprint density at radius 2 is 1.86 bits per heavy atom. The van der Waals surface area contributed by atoms with Crippen molar-refractivity contribution in [1.29, 1.82) is 5.26 Å². The van der Waals surface area contributed by atoms with Crippen LogP contribution in [0, 0.1) is 11.3 Å². The second kappa shape index (κ2) is 12.7. The van der Waals surface area contributed by atoms with Crippen LogP contribution in [0.25, 0.3) is 0 Å². The summed E-state index contributed by atoms with van der Waals surface area (Å²) in [6, 6.07) is 15.1. The number of aldehydes is 1. The fourth-order valence-electron chi connectivity index (χ4n) is 3.58. The van der Waals surface area contributed by atoms with Gasteiger partial charge in [-0.15, -0.1) is 4.41 Å². The Morgan fingerprint density at radius 1 is 1.17 bits per heavy atom. The van der Waals surface area contributed by atoms with E-state index < -0.39 is 16.9 Å². The van der Waals surface area contributed by atoms with E-state index in [0.717, 1.165) is 5.57 Å². The van der Waals surface area contributed by atoms with Gasteiger partial charge in [0.05, 0.1) is 17.7 Å². The maximum Gasteiger partial charge on any atom is 0.217 e. The van der Waals surface area contributed by atoms with E-state index in [0.29, 0.717) is 58.3 Å². The van der Waals surface area contributed by atoms with Crippen LogP contribution in [-0.2, 0) is 15.7 Å². The lowest BCUT2D eigenvalue weighted by atomic mass is 10.0. The first-order valence-corrected chi connectivity index (χ1v) is 12.2. The minimum absolute atomic E-state index is 0.0462. The van der Waals surface area contributed by atoms with Crippen molar-refractivity contribution in [2.75, 3.05) is 0 Å². The van der Waals surface area contributed by atoms with Crippen LogP contribution >= 0.6 is 0 Å². The van der Waals surface area contributed by atoms with Gasteiger partial charge in [0, 0.05) is 12.8 Å². The number of hydrogen-bond acceptors (Lipinski definition) is 7. The molecular formula is C26H27N3O5S. The van der Waals surface area contributed by atoms with Gasteiger partial charge in [-0.1, -0.05) is 30.9 Å². The Morgan fingerprint density at radius 3 is 2.49 bits per heavy atom. The van der Waals surface area contributed by atoms with Crippen molar-refractivity contribution in [3.8, 4) is 17.6 Å². The van der Waals surface area contributed by atoms with Gasteiger partial charge in [-0.3, -0.25) is 5.84 Å². The summed E-state index contributed by atoms with van der Waals surface area (Å²) < 4.78 is 35.3. The molecular weight excluding hydrogens is 466 g/mol. The highest BCUT2D eigenvalue weighted by atomic mass is 32.2. The third-order valence-electron chi connectivity index (χ3n) is 5.51. The van der Waals surface area contributed by atoms with Crippen molar-refractivity contribution in [2.24, 2.45) is 5.84 Å². The minimum atomic E-state index is -3.02. The van der Waals surface area contributed by atoms with Crippen molar-refractivity contribution in [3.63, 3.8) is 0 Å². The average molecular weight is 494 g/mol. The number of hydrazine groups is 1. The molecule has 1 unspecified atom stereocenters. The first-order valence-electron chi connectivity index (χ1n) is 11.0. The summed E-state index contributed by atoms with van der Waals surface area (Å²) in [6.07, 6.45) is 8.29. The number of thiol groups is 1. The molecule has 0 radical (unpaired) electrons. The van der Waals surface area contributed by atoms with E-state index >= 15 is 0 Å². The number of nitrogens with zero attached hydrogens (tertiary/aromatic N) is 2. The number of nitrogens with two attached hydrogens (primary N) is 1. The highest BCUT2D eigenvalue weighted by Crippen LogP contribution is 2.27. The second-order valence-electron chi connectivity index (χ2n) is 7.92. The van der Waals surface area contributed by atoms with Gasteiger partial charge in [-0.05, 0) is 66.5 Å². The molecule has 2 aromatic carbocycles. The molecule has 0 amide bonds. The van der Waals surface area contributed by atoms with Gasteiger partial charge in [0.1, 0.15) is 29.6 Å². The predicted octanol–water partition coefficient (Wildman–Crippen LogP) is 3.90. The second-order valence-corrected chi connectivity index (χ2v) is 8.86. The molecule has 1 aliphatic rings. The molecule has 1 aliphatic carbocycles. The zero-order valence-electron chi connectivity index (χ0n) is 19.1. The molecule has 0 saturated heterocycles. The zero-order valence-corrected chi connectivity index (χ0v) is 20.0. The third-order valence-corrected chi connectivity index (χ3v) is 6.16. The van der Waals surface area contributed by atoms with Crippen molar-refractivity contribution >= 4 is 17.2 Å². The molecule has 2 aromatic rings. The molecule has 0 aliphatic heterocycles. The van der Waals surface area contributed by atoms with Crippen LogP contribution in [-0.4, -0.2) is 25.2 Å². The lowest BCUT2D eigenvalue weighted by molar-refractivity contribution is -0.108. The Labute approximate surface area is 206 Å². The molecule has 3 rings (SSSR count). The van der Waals surface area contributed by atoms with Crippen LogP contribution in [0.1, 0.15) is 42.9 Å². The molecule has 0 saturated carbocycles. The number of hydrogen-bond donors (Lipinski definition) is 2. The normalized spacial score (nSPS) is 19.4. The molecule has 0 bridgehead atoms. The Balaban J connectivity index is 1.62. The average Bonchev–Trinajstić information content (AvgIpc) is 2.95. The minimum Gasteiger partial charge on any atom is -0.490 e. The topological polar surface area (TPSA) is 123 Å². The van der Waals surface area contributed by atoms with Crippen LogP contribution in [0.2, 0.25) is 0 Å². The number of carbonyl (C=O) groups is 1. The van der Waals surface area contributed by atoms with Crippen LogP contribution in [0.15, 0.2) is 84.7 Å². The highest BCUT2D eigenvalue weighted by Gasteiger charge is 2.20. The number of ether oxygens (including phenoxy) is 2. The van der Waals surface area contributed by atoms with Crippen LogP contribution < -0.4 is 15.3 Å². The van der Waals surface area contributed by atoms with Crippen molar-refractivity contribution in [2.45, 2.75) is 37.8 Å². The number of carbonyl (C=O) groups excluding carboxylic acids is 1. The highest BCUT2D eigenvalue weighted by molar-refractivity contribution is 7.69. The Hall–Kier alpha value is -3.71. The maximum absolute atomic E-state index is 11.2. The van der Waals surface area contributed by atoms with E-state index in [9.17, 15) is 13.2 Å². The number of benzene rings is 2. The molecule has 2 atom stereocenters. The molecule has 35 heavy (non-hydrogen) atoms. The monoisotopic (exact) mass is 493 g/mol. The smallest absolute Gasteiger partial charge is 0.217 e. The van der Waals surface area contributed by atoms with Crippen molar-refractivity contribution in [3.05, 3.63) is 95.8 Å². The van der Waals surface area contributed by atoms with Crippen molar-refractivity contribution in [1.82, 2.24) is 4.41 Å². The van der Waals surface area contributed by atoms with Gasteiger partial charge in [-0.2, -0.15) is 5.26 Å². The summed E-state index contributed by atoms with van der Waals surface area (Å²) in [7, 11) is -3.02. The van der Waals surface area contributed by atoms with Gasteiger partial charge in [-0.25, -0.2) is 8.42 Å². The van der Waals surface area contributed by atoms with Gasteiger partial charge < -0.3 is 14.3 Å². The molecule has 8 nitrogen and oxygen atoms in total. The molecule has 0 aromatic heterocycles. The zero-order chi connectivity index (χ0) is 25.2. The summed E-state index contributed by atoms with van der Waals surface area (Å²) in [6.45, 7) is 4.16. The largest absolute Gasteiger partial charge is 0.490 e. The molecule has 182 valence electrons. The lowest BCUT2D eigenvalue weighted by Gasteiger charge is -2.22. The third kappa shape index (κ3) is 7.39. The summed E-state index contributed by atoms with van der Waals surface area (Å²) >= 11 is 0. The quantitative estimate of drug-likeness (QED) is 0.235. The first-order chi connectivity index (χ1) is 16.9. The number of rotatable bonds is 9. The van der Waals surface area contributed by atoms with E-state index in [-0.39, 0.29) is 12.5 Å². The van der Waals surface area contributed by atoms with E-state index in [1.807, 2.05) is 18.2 Å². The van der Waals surface area contributed by atoms with E-state index in [4.69, 9.17) is 20.6 Å². The van der Waals surface area contributed by atoms with Crippen LogP contribution in [0.3, 0.4) is 0 Å². The van der Waals surface area contributed by atoms with Gasteiger partial charge in [0.25, 0.3) is 0 Å². The number of allylic oxidation sites excluding steroid dienone is 3. The van der Waals surface area contributed by atoms with E-state index in [2.05, 4.69) is 12.6 Å². The Bertz CT molecular complexity index is 1200. The number of nitriles is 1. The van der Waals surface area contributed by atoms with Crippen molar-refractivity contribution < 1.29 is 22.7 Å². The summed E-state index contributed by atoms with van der Waals surface area (Å²) in [5, 5.41) is 8.94. The fourth-order valence-corrected chi connectivity index (χ4v) is 4.04. The molecule has 9 heteroatoms. The molecule has 0 heterocycles. The standard InChI is InChI=1S/C26H27N3O5S/c1-19-6-11-22(4-2-3-5-26(19)34-24-12-7-20(18-27)8-13-24)33-23-14-9-21(10-15-23)25(16-17-30)29(28)35(31)32/h2-3,5,7-10,12-15,17,22,25,35H,1,4,6,11,16,28H2/b3-2-,26-5+/t22-,25?/m0/s1. The molecule has 2 N–H and O–H groups in total. The predicted molar refractivity (Wildman–Crippen MR) is 133 cm³/mol. The Kier molecular flexibility index (Phi) is 9.38.